The molecule has 0 saturated heterocycles. The molecule has 34 heavy (non-hydrogen) atoms. The average Bonchev–Trinajstić information content (AvgIpc) is 3.55. The van der Waals surface area contributed by atoms with Crippen molar-refractivity contribution in [3.05, 3.63) is 86.7 Å². The van der Waals surface area contributed by atoms with E-state index < -0.39 is 17.5 Å². The molecule has 172 valence electrons. The molecule has 5 aromatic rings. The molecule has 0 aliphatic carbocycles. The summed E-state index contributed by atoms with van der Waals surface area (Å²) < 4.78 is 30.3. The number of anilines is 1. The number of benzene rings is 1. The fourth-order valence-electron chi connectivity index (χ4n) is 3.61. The maximum Gasteiger partial charge on any atom is 0.263 e. The summed E-state index contributed by atoms with van der Waals surface area (Å²) in [6.45, 7) is 1.40. The van der Waals surface area contributed by atoms with Gasteiger partial charge in [-0.3, -0.25) is 14.2 Å². The molecule has 0 saturated carbocycles. The van der Waals surface area contributed by atoms with E-state index in [4.69, 9.17) is 0 Å². The smallest absolute Gasteiger partial charge is 0.263 e. The Bertz CT molecular complexity index is 1570. The molecule has 1 amide bonds. The quantitative estimate of drug-likeness (QED) is 0.370. The van der Waals surface area contributed by atoms with E-state index in [1.54, 1.807) is 6.92 Å². The summed E-state index contributed by atoms with van der Waals surface area (Å²) in [4.78, 5) is 31.9. The third kappa shape index (κ3) is 4.15. The second-order valence-corrected chi connectivity index (χ2v) is 9.41. The normalized spacial score (nSPS) is 11.3. The molecular weight excluding hydrogens is 480 g/mol. The summed E-state index contributed by atoms with van der Waals surface area (Å²) >= 11 is 2.90. The van der Waals surface area contributed by atoms with Gasteiger partial charge >= 0.3 is 0 Å². The van der Waals surface area contributed by atoms with Crippen LogP contribution >= 0.6 is 22.7 Å². The van der Waals surface area contributed by atoms with Crippen molar-refractivity contribution in [3.63, 3.8) is 0 Å². The number of carbonyl (C=O) groups excluding carboxylic acids is 1. The number of fused-ring (bicyclic) bond motifs is 1. The van der Waals surface area contributed by atoms with Crippen LogP contribution in [0.15, 0.2) is 58.4 Å². The van der Waals surface area contributed by atoms with Gasteiger partial charge < -0.3 is 5.32 Å². The van der Waals surface area contributed by atoms with Gasteiger partial charge in [-0.1, -0.05) is 6.07 Å². The first kappa shape index (κ1) is 22.1. The van der Waals surface area contributed by atoms with Crippen LogP contribution in [0.5, 0.6) is 0 Å². The Hall–Kier alpha value is -3.70. The fourth-order valence-corrected chi connectivity index (χ4v) is 5.33. The van der Waals surface area contributed by atoms with Gasteiger partial charge in [0.2, 0.25) is 5.91 Å². The SMILES string of the molecule is Cc1cnn(Cc2cc(F)ccc2F)c1NC(=O)Cn1cnc2scc(-c3cccs3)c2c1=O. The number of nitrogens with one attached hydrogen (secondary N) is 1. The molecular formula is C23H17F2N5O2S2. The largest absolute Gasteiger partial charge is 0.309 e. The molecule has 0 fully saturated rings. The Morgan fingerprint density at radius 2 is 2.06 bits per heavy atom. The molecule has 0 atom stereocenters. The molecule has 0 spiro atoms. The number of hydrogen-bond donors (Lipinski definition) is 1. The minimum absolute atomic E-state index is 0.0699. The number of hydrogen-bond acceptors (Lipinski definition) is 6. The maximum atomic E-state index is 14.1. The van der Waals surface area contributed by atoms with E-state index in [0.717, 1.165) is 28.6 Å². The lowest BCUT2D eigenvalue weighted by Crippen LogP contribution is -2.28. The maximum absolute atomic E-state index is 14.1. The molecule has 0 aliphatic rings. The van der Waals surface area contributed by atoms with Crippen LogP contribution < -0.4 is 10.9 Å². The summed E-state index contributed by atoms with van der Waals surface area (Å²) in [5.41, 5.74) is 1.23. The van der Waals surface area contributed by atoms with Crippen molar-refractivity contribution >= 4 is 44.6 Å². The van der Waals surface area contributed by atoms with Crippen molar-refractivity contribution in [1.82, 2.24) is 19.3 Å². The van der Waals surface area contributed by atoms with Crippen LogP contribution in [0.2, 0.25) is 0 Å². The topological polar surface area (TPSA) is 81.8 Å². The summed E-state index contributed by atoms with van der Waals surface area (Å²) in [5, 5.41) is 11.2. The standard InChI is InChI=1S/C23H17F2N5O2S2/c1-13-8-27-30(9-14-7-15(24)4-5-17(14)25)21(13)28-19(31)10-29-12-26-22-20(23(29)32)16(11-34-22)18-3-2-6-33-18/h2-8,11-12H,9-10H2,1H3,(H,28,31). The lowest BCUT2D eigenvalue weighted by Gasteiger charge is -2.12. The summed E-state index contributed by atoms with van der Waals surface area (Å²) in [6, 6.07) is 7.01. The van der Waals surface area contributed by atoms with E-state index in [0.29, 0.717) is 21.6 Å². The van der Waals surface area contributed by atoms with E-state index in [-0.39, 0.29) is 24.2 Å². The lowest BCUT2D eigenvalue weighted by molar-refractivity contribution is -0.116. The van der Waals surface area contributed by atoms with E-state index in [1.165, 1.54) is 44.4 Å². The monoisotopic (exact) mass is 497 g/mol. The predicted octanol–water partition coefficient (Wildman–Crippen LogP) is 4.66. The zero-order valence-corrected chi connectivity index (χ0v) is 19.4. The first-order valence-electron chi connectivity index (χ1n) is 10.2. The zero-order chi connectivity index (χ0) is 23.8. The first-order valence-corrected chi connectivity index (χ1v) is 11.9. The van der Waals surface area contributed by atoms with Crippen LogP contribution in [0, 0.1) is 18.6 Å². The Morgan fingerprint density at radius 1 is 1.21 bits per heavy atom. The van der Waals surface area contributed by atoms with E-state index in [1.807, 2.05) is 22.9 Å². The highest BCUT2D eigenvalue weighted by Gasteiger charge is 2.17. The van der Waals surface area contributed by atoms with Crippen molar-refractivity contribution in [3.8, 4) is 10.4 Å². The van der Waals surface area contributed by atoms with Crippen molar-refractivity contribution in [2.75, 3.05) is 5.32 Å². The second kappa shape index (κ2) is 8.92. The summed E-state index contributed by atoms with van der Waals surface area (Å²) in [5.74, 6) is -1.27. The van der Waals surface area contributed by atoms with Crippen molar-refractivity contribution in [1.29, 1.82) is 0 Å². The number of aromatic nitrogens is 4. The van der Waals surface area contributed by atoms with E-state index in [9.17, 15) is 18.4 Å². The van der Waals surface area contributed by atoms with E-state index in [2.05, 4.69) is 15.4 Å². The number of rotatable bonds is 6. The molecule has 5 rings (SSSR count). The highest BCUT2D eigenvalue weighted by Crippen LogP contribution is 2.33. The third-order valence-corrected chi connectivity index (χ3v) is 7.06. The first-order chi connectivity index (χ1) is 16.4. The Kier molecular flexibility index (Phi) is 5.80. The number of amides is 1. The molecule has 1 N–H and O–H groups in total. The molecule has 7 nitrogen and oxygen atoms in total. The Morgan fingerprint density at radius 3 is 2.85 bits per heavy atom. The van der Waals surface area contributed by atoms with Crippen molar-refractivity contribution in [2.45, 2.75) is 20.0 Å². The fraction of sp³-hybridized carbons (Fsp3) is 0.130. The molecule has 1 aromatic carbocycles. The molecule has 4 aromatic heterocycles. The molecule has 0 unspecified atom stereocenters. The third-order valence-electron chi connectivity index (χ3n) is 5.27. The van der Waals surface area contributed by atoms with Crippen LogP contribution in [0.1, 0.15) is 11.1 Å². The van der Waals surface area contributed by atoms with Gasteiger partial charge in [0.15, 0.2) is 0 Å². The number of halogens is 2. The van der Waals surface area contributed by atoms with Gasteiger partial charge in [0.1, 0.15) is 28.8 Å². The highest BCUT2D eigenvalue weighted by molar-refractivity contribution is 7.18. The number of carbonyl (C=O) groups is 1. The summed E-state index contributed by atoms with van der Waals surface area (Å²) in [6.07, 6.45) is 2.87. The lowest BCUT2D eigenvalue weighted by atomic mass is 10.2. The van der Waals surface area contributed by atoms with E-state index >= 15 is 0 Å². The van der Waals surface area contributed by atoms with Crippen LogP contribution in [-0.2, 0) is 17.9 Å². The molecule has 11 heteroatoms. The van der Waals surface area contributed by atoms with Crippen LogP contribution in [-0.4, -0.2) is 25.2 Å². The van der Waals surface area contributed by atoms with Gasteiger partial charge in [0.25, 0.3) is 5.56 Å². The van der Waals surface area contributed by atoms with Gasteiger partial charge in [-0.2, -0.15) is 5.10 Å². The van der Waals surface area contributed by atoms with Crippen LogP contribution in [0.4, 0.5) is 14.6 Å². The van der Waals surface area contributed by atoms with Crippen LogP contribution in [0.25, 0.3) is 20.7 Å². The summed E-state index contributed by atoms with van der Waals surface area (Å²) in [7, 11) is 0. The number of thiophene rings is 2. The van der Waals surface area contributed by atoms with Gasteiger partial charge in [0, 0.05) is 26.9 Å². The predicted molar refractivity (Wildman–Crippen MR) is 128 cm³/mol. The van der Waals surface area contributed by atoms with Gasteiger partial charge in [0.05, 0.1) is 24.5 Å². The minimum Gasteiger partial charge on any atom is -0.309 e. The number of aryl methyl sites for hydroxylation is 1. The second-order valence-electron chi connectivity index (χ2n) is 7.60. The molecule has 4 heterocycles. The molecule has 0 aliphatic heterocycles. The van der Waals surface area contributed by atoms with Gasteiger partial charge in [-0.15, -0.1) is 22.7 Å². The minimum atomic E-state index is -0.574. The van der Waals surface area contributed by atoms with Gasteiger partial charge in [-0.05, 0) is 36.6 Å². The van der Waals surface area contributed by atoms with Crippen molar-refractivity contribution in [2.24, 2.45) is 0 Å². The zero-order valence-electron chi connectivity index (χ0n) is 17.8. The Balaban J connectivity index is 1.40. The van der Waals surface area contributed by atoms with Crippen molar-refractivity contribution < 1.29 is 13.6 Å². The average molecular weight is 498 g/mol. The van der Waals surface area contributed by atoms with Crippen LogP contribution in [0.3, 0.4) is 0 Å². The highest BCUT2D eigenvalue weighted by atomic mass is 32.1. The number of nitrogens with zero attached hydrogens (tertiary/aromatic N) is 4. The Labute approximate surface area is 199 Å². The molecule has 0 bridgehead atoms. The molecule has 0 radical (unpaired) electrons. The van der Waals surface area contributed by atoms with Gasteiger partial charge in [-0.25, -0.2) is 18.4 Å².